The number of carbonyl (C=O) groups excluding carboxylic acids is 2. The molecule has 2 aromatic rings. The van der Waals surface area contributed by atoms with Crippen LogP contribution in [0.5, 0.6) is 0 Å². The summed E-state index contributed by atoms with van der Waals surface area (Å²) in [6.07, 6.45) is 1.84. The van der Waals surface area contributed by atoms with Gasteiger partial charge in [-0.15, -0.1) is 0 Å². The van der Waals surface area contributed by atoms with Crippen LogP contribution in [0, 0.1) is 17.2 Å². The quantitative estimate of drug-likeness (QED) is 0.832. The first-order chi connectivity index (χ1) is 15.0. The van der Waals surface area contributed by atoms with Crippen molar-refractivity contribution in [2.24, 2.45) is 5.92 Å². The number of benzene rings is 2. The van der Waals surface area contributed by atoms with E-state index in [0.717, 1.165) is 29.5 Å². The third kappa shape index (κ3) is 3.03. The predicted octanol–water partition coefficient (Wildman–Crippen LogP) is 2.52. The summed E-state index contributed by atoms with van der Waals surface area (Å²) >= 11 is 0. The summed E-state index contributed by atoms with van der Waals surface area (Å²) in [6, 6.07) is 17.6. The Kier molecular flexibility index (Phi) is 4.60. The number of likely N-dealkylation sites (tertiary alicyclic amines) is 2. The zero-order valence-corrected chi connectivity index (χ0v) is 17.5. The Bertz CT molecular complexity index is 1060. The molecule has 1 saturated carbocycles. The van der Waals surface area contributed by atoms with Crippen LogP contribution in [0.25, 0.3) is 11.1 Å². The van der Waals surface area contributed by atoms with E-state index in [-0.39, 0.29) is 36.3 Å². The van der Waals surface area contributed by atoms with E-state index in [4.69, 9.17) is 5.26 Å². The molecule has 2 saturated heterocycles. The van der Waals surface area contributed by atoms with Gasteiger partial charge >= 0.3 is 0 Å². The highest BCUT2D eigenvalue weighted by molar-refractivity contribution is 5.85. The van der Waals surface area contributed by atoms with Crippen LogP contribution >= 0.6 is 0 Å². The molecule has 6 nitrogen and oxygen atoms in total. The van der Waals surface area contributed by atoms with Crippen molar-refractivity contribution >= 4 is 11.8 Å². The molecule has 1 spiro atoms. The van der Waals surface area contributed by atoms with E-state index in [1.807, 2.05) is 29.2 Å². The van der Waals surface area contributed by atoms with E-state index in [2.05, 4.69) is 18.2 Å². The maximum Gasteiger partial charge on any atom is 0.226 e. The normalized spacial score (nSPS) is 23.6. The minimum Gasteiger partial charge on any atom is -0.394 e. The van der Waals surface area contributed by atoms with Crippen LogP contribution in [0.15, 0.2) is 48.5 Å². The molecule has 158 valence electrons. The van der Waals surface area contributed by atoms with E-state index in [9.17, 15) is 14.7 Å². The number of hydrogen-bond acceptors (Lipinski definition) is 4. The Morgan fingerprint density at radius 2 is 1.65 bits per heavy atom. The third-order valence-corrected chi connectivity index (χ3v) is 7.12. The molecule has 3 aliphatic rings. The molecule has 0 radical (unpaired) electrons. The fourth-order valence-electron chi connectivity index (χ4n) is 5.34. The second-order valence-electron chi connectivity index (χ2n) is 9.00. The van der Waals surface area contributed by atoms with Gasteiger partial charge in [-0.1, -0.05) is 36.4 Å². The van der Waals surface area contributed by atoms with Crippen LogP contribution in [0.3, 0.4) is 0 Å². The zero-order valence-electron chi connectivity index (χ0n) is 17.5. The van der Waals surface area contributed by atoms with Gasteiger partial charge in [0.05, 0.1) is 29.8 Å². The summed E-state index contributed by atoms with van der Waals surface area (Å²) in [7, 11) is 0. The maximum absolute atomic E-state index is 13.0. The summed E-state index contributed by atoms with van der Waals surface area (Å²) in [5.74, 6) is 0.238. The molecular formula is C25H25N3O3. The molecule has 2 aliphatic heterocycles. The topological polar surface area (TPSA) is 84.6 Å². The average Bonchev–Trinajstić information content (AvgIpc) is 3.58. The third-order valence-electron chi connectivity index (χ3n) is 7.12. The van der Waals surface area contributed by atoms with Crippen molar-refractivity contribution in [3.8, 4) is 17.2 Å². The van der Waals surface area contributed by atoms with Crippen LogP contribution in [0.4, 0.5) is 0 Å². The number of nitrogens with zero attached hydrogens (tertiary/aromatic N) is 3. The van der Waals surface area contributed by atoms with Gasteiger partial charge in [-0.2, -0.15) is 5.26 Å². The molecule has 2 amide bonds. The Labute approximate surface area is 181 Å². The van der Waals surface area contributed by atoms with Crippen LogP contribution in [0.1, 0.15) is 36.8 Å². The highest BCUT2D eigenvalue weighted by Gasteiger charge is 2.68. The summed E-state index contributed by atoms with van der Waals surface area (Å²) in [4.78, 5) is 28.5. The Morgan fingerprint density at radius 1 is 1.06 bits per heavy atom. The smallest absolute Gasteiger partial charge is 0.226 e. The van der Waals surface area contributed by atoms with E-state index < -0.39 is 5.54 Å². The maximum atomic E-state index is 13.0. The van der Waals surface area contributed by atoms with E-state index in [1.54, 1.807) is 24.0 Å². The van der Waals surface area contributed by atoms with Gasteiger partial charge in [0.15, 0.2) is 0 Å². The molecule has 3 fully saturated rings. The van der Waals surface area contributed by atoms with Gasteiger partial charge in [-0.05, 0) is 41.7 Å². The summed E-state index contributed by atoms with van der Waals surface area (Å²) in [5.41, 5.74) is 3.38. The molecule has 2 atom stereocenters. The van der Waals surface area contributed by atoms with Crippen molar-refractivity contribution in [3.63, 3.8) is 0 Å². The van der Waals surface area contributed by atoms with Gasteiger partial charge in [0.1, 0.15) is 0 Å². The van der Waals surface area contributed by atoms with Crippen molar-refractivity contribution in [3.05, 3.63) is 59.7 Å². The van der Waals surface area contributed by atoms with Crippen molar-refractivity contribution in [2.45, 2.75) is 37.3 Å². The second-order valence-corrected chi connectivity index (χ2v) is 9.00. The van der Waals surface area contributed by atoms with Crippen molar-refractivity contribution in [2.75, 3.05) is 19.7 Å². The predicted molar refractivity (Wildman–Crippen MR) is 115 cm³/mol. The highest BCUT2D eigenvalue weighted by Crippen LogP contribution is 2.55. The first-order valence-electron chi connectivity index (χ1n) is 10.8. The molecule has 2 heterocycles. The minimum atomic E-state index is -0.408. The Morgan fingerprint density at radius 3 is 2.13 bits per heavy atom. The van der Waals surface area contributed by atoms with Crippen LogP contribution < -0.4 is 0 Å². The highest BCUT2D eigenvalue weighted by atomic mass is 16.3. The van der Waals surface area contributed by atoms with Crippen molar-refractivity contribution in [1.82, 2.24) is 9.80 Å². The van der Waals surface area contributed by atoms with Gasteiger partial charge in [0.25, 0.3) is 0 Å². The first-order valence-corrected chi connectivity index (χ1v) is 10.8. The molecule has 0 bridgehead atoms. The van der Waals surface area contributed by atoms with Gasteiger partial charge in [0, 0.05) is 31.8 Å². The molecule has 31 heavy (non-hydrogen) atoms. The van der Waals surface area contributed by atoms with E-state index in [0.29, 0.717) is 18.7 Å². The standard InChI is InChI=1S/C25H25N3O3/c1-16(30)27-14-25(15-27)23(22(13-29)28(25)24(31)21-10-11-21)20-8-6-19(7-9-20)18-4-2-17(12-26)3-5-18/h2-9,21-23,29H,10-11,13-15H2,1H3/t22-,23-/m0/s1. The summed E-state index contributed by atoms with van der Waals surface area (Å²) in [5, 5.41) is 19.1. The zero-order chi connectivity index (χ0) is 21.8. The molecule has 0 unspecified atom stereocenters. The summed E-state index contributed by atoms with van der Waals surface area (Å²) < 4.78 is 0. The minimum absolute atomic E-state index is 0.00538. The largest absolute Gasteiger partial charge is 0.394 e. The van der Waals surface area contributed by atoms with Crippen LogP contribution in [0.2, 0.25) is 0 Å². The number of aliphatic hydroxyl groups is 1. The molecule has 2 aromatic carbocycles. The lowest BCUT2D eigenvalue weighted by atomic mass is 9.60. The molecule has 5 rings (SSSR count). The monoisotopic (exact) mass is 415 g/mol. The molecule has 6 heteroatoms. The van der Waals surface area contributed by atoms with E-state index in [1.165, 1.54) is 0 Å². The fourth-order valence-corrected chi connectivity index (χ4v) is 5.34. The number of aliphatic hydroxyl groups excluding tert-OH is 1. The molecule has 1 aliphatic carbocycles. The molecule has 1 N–H and O–H groups in total. The summed E-state index contributed by atoms with van der Waals surface area (Å²) in [6.45, 7) is 2.53. The Hall–Kier alpha value is -3.17. The van der Waals surface area contributed by atoms with Gasteiger partial charge < -0.3 is 14.9 Å². The van der Waals surface area contributed by atoms with Gasteiger partial charge in [-0.25, -0.2) is 0 Å². The van der Waals surface area contributed by atoms with Crippen LogP contribution in [-0.2, 0) is 9.59 Å². The molecular weight excluding hydrogens is 390 g/mol. The lowest BCUT2D eigenvalue weighted by Gasteiger charge is -2.70. The van der Waals surface area contributed by atoms with Crippen molar-refractivity contribution in [1.29, 1.82) is 5.26 Å². The lowest BCUT2D eigenvalue weighted by molar-refractivity contribution is -0.203. The number of rotatable bonds is 4. The van der Waals surface area contributed by atoms with Crippen LogP contribution in [-0.4, -0.2) is 58.0 Å². The fraction of sp³-hybridized carbons (Fsp3) is 0.400. The average molecular weight is 415 g/mol. The van der Waals surface area contributed by atoms with Gasteiger partial charge in [0.2, 0.25) is 11.8 Å². The van der Waals surface area contributed by atoms with Gasteiger partial charge in [-0.3, -0.25) is 9.59 Å². The lowest BCUT2D eigenvalue weighted by Crippen LogP contribution is -2.86. The van der Waals surface area contributed by atoms with Crippen molar-refractivity contribution < 1.29 is 14.7 Å². The second kappa shape index (κ2) is 7.21. The number of carbonyl (C=O) groups is 2. The number of nitriles is 1. The first kappa shape index (κ1) is 19.8. The SMILES string of the molecule is CC(=O)N1CC2(C1)[C@@H](c1ccc(-c3ccc(C#N)cc3)cc1)[C@H](CO)N2C(=O)C1CC1. The number of amides is 2. The molecule has 0 aromatic heterocycles. The Balaban J connectivity index is 1.44. The van der Waals surface area contributed by atoms with E-state index >= 15 is 0 Å². The number of hydrogen-bond donors (Lipinski definition) is 1.